The number of Topliss-reactive ketones (excluding diaryl/α,β-unsaturated/α-hetero) is 2. The van der Waals surface area contributed by atoms with Crippen LogP contribution in [-0.2, 0) is 22.4 Å². The molecular formula is C30H42N5O5+. The number of nitrogens with zero attached hydrogens (tertiary/aromatic N) is 1. The summed E-state index contributed by atoms with van der Waals surface area (Å²) in [4.78, 5) is 30.7. The summed E-state index contributed by atoms with van der Waals surface area (Å²) in [7, 11) is 3.11. The van der Waals surface area contributed by atoms with E-state index in [9.17, 15) is 19.8 Å². The number of carbonyl (C=O) groups excluding carboxylic acids is 2. The number of aryl methyl sites for hydroxylation is 1. The van der Waals surface area contributed by atoms with E-state index in [0.717, 1.165) is 30.8 Å². The summed E-state index contributed by atoms with van der Waals surface area (Å²) < 4.78 is 5.12. The van der Waals surface area contributed by atoms with Crippen LogP contribution in [0.25, 0.3) is 0 Å². The highest BCUT2D eigenvalue weighted by Gasteiger charge is 2.33. The van der Waals surface area contributed by atoms with Gasteiger partial charge in [0.15, 0.2) is 24.1 Å². The number of quaternary nitrogens is 1. The van der Waals surface area contributed by atoms with Crippen LogP contribution in [0.15, 0.2) is 59.9 Å². The van der Waals surface area contributed by atoms with Gasteiger partial charge in [0.1, 0.15) is 23.5 Å². The van der Waals surface area contributed by atoms with Crippen molar-refractivity contribution in [3.8, 4) is 17.2 Å². The number of ketones is 2. The lowest BCUT2D eigenvalue weighted by Crippen LogP contribution is -3.07. The predicted octanol–water partition coefficient (Wildman–Crippen LogP) is 1.56. The maximum Gasteiger partial charge on any atom is 0.188 e. The van der Waals surface area contributed by atoms with Gasteiger partial charge < -0.3 is 31.3 Å². The zero-order valence-corrected chi connectivity index (χ0v) is 23.4. The number of phenolic OH excluding ortho intramolecular Hbond substituents is 2. The third-order valence-electron chi connectivity index (χ3n) is 7.25. The Morgan fingerprint density at radius 2 is 1.82 bits per heavy atom. The van der Waals surface area contributed by atoms with Gasteiger partial charge in [-0.25, -0.2) is 0 Å². The van der Waals surface area contributed by atoms with E-state index in [1.807, 2.05) is 18.3 Å². The van der Waals surface area contributed by atoms with Gasteiger partial charge in [-0.05, 0) is 61.1 Å². The van der Waals surface area contributed by atoms with Crippen molar-refractivity contribution in [2.75, 3.05) is 27.4 Å². The van der Waals surface area contributed by atoms with Crippen molar-refractivity contribution in [2.24, 2.45) is 10.7 Å². The van der Waals surface area contributed by atoms with Crippen LogP contribution in [-0.4, -0.2) is 60.6 Å². The Morgan fingerprint density at radius 3 is 2.50 bits per heavy atom. The first-order valence-corrected chi connectivity index (χ1v) is 13.6. The minimum Gasteiger partial charge on any atom is -0.508 e. The highest BCUT2D eigenvalue weighted by atomic mass is 16.5. The van der Waals surface area contributed by atoms with E-state index in [1.54, 1.807) is 31.3 Å². The van der Waals surface area contributed by atoms with Gasteiger partial charge in [0.25, 0.3) is 0 Å². The van der Waals surface area contributed by atoms with Crippen molar-refractivity contribution < 1.29 is 29.4 Å². The second kappa shape index (κ2) is 14.9. The zero-order chi connectivity index (χ0) is 29.0. The Morgan fingerprint density at radius 1 is 1.10 bits per heavy atom. The molecule has 3 rings (SSSR count). The fourth-order valence-electron chi connectivity index (χ4n) is 4.98. The Balaban J connectivity index is 1.60. The van der Waals surface area contributed by atoms with Gasteiger partial charge in [0.05, 0.1) is 26.3 Å². The molecule has 10 heteroatoms. The SMILES string of the molecule is CN=C(N)N[C@@](CCCC(=O)CC(=O)CCc1ccc(O)c(OC)c1)(CC[NH+]1C=CNC1)Cc1ccc(O)cc1. The van der Waals surface area contributed by atoms with Crippen LogP contribution in [0.1, 0.15) is 49.7 Å². The van der Waals surface area contributed by atoms with E-state index in [0.29, 0.717) is 43.8 Å². The van der Waals surface area contributed by atoms with Crippen molar-refractivity contribution in [1.82, 2.24) is 10.6 Å². The molecule has 1 heterocycles. The third-order valence-corrected chi connectivity index (χ3v) is 7.25. The number of phenols is 2. The lowest BCUT2D eigenvalue weighted by atomic mass is 9.82. The quantitative estimate of drug-likeness (QED) is 0.104. The van der Waals surface area contributed by atoms with Crippen molar-refractivity contribution >= 4 is 17.5 Å². The molecule has 0 spiro atoms. The Bertz CT molecular complexity index is 1200. The number of methoxy groups -OCH3 is 1. The normalized spacial score (nSPS) is 16.2. The number of nitrogens with two attached hydrogens (primary N) is 1. The zero-order valence-electron chi connectivity index (χ0n) is 23.4. The molecular weight excluding hydrogens is 510 g/mol. The van der Waals surface area contributed by atoms with Crippen molar-refractivity contribution in [2.45, 2.75) is 56.9 Å². The maximum absolute atomic E-state index is 12.7. The van der Waals surface area contributed by atoms with Crippen LogP contribution in [0.4, 0.5) is 0 Å². The van der Waals surface area contributed by atoms with E-state index in [4.69, 9.17) is 10.5 Å². The van der Waals surface area contributed by atoms with Crippen LogP contribution >= 0.6 is 0 Å². The summed E-state index contributed by atoms with van der Waals surface area (Å²) >= 11 is 0. The fraction of sp³-hybridized carbons (Fsp3) is 0.433. The molecule has 216 valence electrons. The van der Waals surface area contributed by atoms with Crippen molar-refractivity contribution in [1.29, 1.82) is 0 Å². The first-order valence-electron chi connectivity index (χ1n) is 13.6. The molecule has 1 aliphatic rings. The molecule has 1 aliphatic heterocycles. The molecule has 10 nitrogen and oxygen atoms in total. The van der Waals surface area contributed by atoms with E-state index in [1.165, 1.54) is 18.1 Å². The molecule has 2 aromatic rings. The molecule has 0 aliphatic carbocycles. The summed E-state index contributed by atoms with van der Waals surface area (Å²) in [6, 6.07) is 12.1. The second-order valence-electron chi connectivity index (χ2n) is 10.3. The number of ether oxygens (including phenoxy) is 1. The van der Waals surface area contributed by atoms with Crippen LogP contribution in [0, 0.1) is 0 Å². The van der Waals surface area contributed by atoms with Gasteiger partial charge in [-0.15, -0.1) is 0 Å². The molecule has 2 atom stereocenters. The number of aromatic hydroxyl groups is 2. The van der Waals surface area contributed by atoms with Crippen LogP contribution in [0.2, 0.25) is 0 Å². The number of hydrogen-bond acceptors (Lipinski definition) is 7. The molecule has 0 radical (unpaired) electrons. The van der Waals surface area contributed by atoms with Gasteiger partial charge in [0.2, 0.25) is 0 Å². The summed E-state index contributed by atoms with van der Waals surface area (Å²) in [5.41, 5.74) is 7.59. The van der Waals surface area contributed by atoms with Crippen molar-refractivity contribution in [3.05, 3.63) is 66.0 Å². The Labute approximate surface area is 235 Å². The summed E-state index contributed by atoms with van der Waals surface area (Å²) in [5, 5.41) is 26.1. The number of hydrogen-bond donors (Lipinski definition) is 6. The number of nitrogens with one attached hydrogen (secondary N) is 3. The molecule has 1 unspecified atom stereocenters. The summed E-state index contributed by atoms with van der Waals surface area (Å²) in [6.45, 7) is 1.66. The monoisotopic (exact) mass is 552 g/mol. The number of rotatable bonds is 16. The Hall–Kier alpha value is -4.05. The number of guanidine groups is 1. The molecule has 7 N–H and O–H groups in total. The molecule has 2 aromatic carbocycles. The average molecular weight is 553 g/mol. The molecule has 40 heavy (non-hydrogen) atoms. The number of aliphatic imine (C=N–C) groups is 1. The summed E-state index contributed by atoms with van der Waals surface area (Å²) in [6.07, 6.45) is 7.60. The summed E-state index contributed by atoms with van der Waals surface area (Å²) in [5.74, 6) is 0.750. The molecule has 0 amide bonds. The number of carbonyl (C=O) groups is 2. The highest BCUT2D eigenvalue weighted by molar-refractivity contribution is 5.99. The number of benzene rings is 2. The average Bonchev–Trinajstić information content (AvgIpc) is 3.46. The van der Waals surface area contributed by atoms with Crippen LogP contribution in [0.5, 0.6) is 17.2 Å². The van der Waals surface area contributed by atoms with Gasteiger partial charge in [-0.3, -0.25) is 19.5 Å². The maximum atomic E-state index is 12.7. The van der Waals surface area contributed by atoms with Gasteiger partial charge in [-0.2, -0.15) is 0 Å². The standard InChI is InChI=1S/C30H41N5O5/c1-32-29(31)34-30(14-16-35-17-15-33-21-35,20-23-6-9-24(36)10-7-23)13-3-4-25(37)19-26(38)11-5-22-8-12-27(39)28(18-22)40-2/h6-10,12,15,17-18,33,36,39H,3-5,11,13-14,16,19-21H2,1-2H3,(H3,31,32,34)/p+1/t30-/m0/s1. The topological polar surface area (TPSA) is 151 Å². The minimum atomic E-state index is -0.466. The minimum absolute atomic E-state index is 0.0469. The highest BCUT2D eigenvalue weighted by Crippen LogP contribution is 2.27. The van der Waals surface area contributed by atoms with E-state index < -0.39 is 5.54 Å². The first-order chi connectivity index (χ1) is 19.2. The Kier molecular flexibility index (Phi) is 11.4. The molecule has 0 saturated heterocycles. The fourth-order valence-corrected chi connectivity index (χ4v) is 4.98. The van der Waals surface area contributed by atoms with E-state index in [-0.39, 0.29) is 35.9 Å². The van der Waals surface area contributed by atoms with Crippen LogP contribution < -0.4 is 26.0 Å². The molecule has 0 saturated carbocycles. The molecule has 0 aromatic heterocycles. The van der Waals surface area contributed by atoms with Crippen LogP contribution in [0.3, 0.4) is 0 Å². The third kappa shape index (κ3) is 9.60. The first kappa shape index (κ1) is 30.5. The lowest BCUT2D eigenvalue weighted by Gasteiger charge is -2.36. The molecule has 0 fully saturated rings. The van der Waals surface area contributed by atoms with Gasteiger partial charge in [-0.1, -0.05) is 18.2 Å². The smallest absolute Gasteiger partial charge is 0.188 e. The van der Waals surface area contributed by atoms with E-state index in [2.05, 4.69) is 21.8 Å². The largest absolute Gasteiger partial charge is 0.508 e. The second-order valence-corrected chi connectivity index (χ2v) is 10.3. The molecule has 0 bridgehead atoms. The van der Waals surface area contributed by atoms with Crippen molar-refractivity contribution in [3.63, 3.8) is 0 Å². The predicted molar refractivity (Wildman–Crippen MR) is 154 cm³/mol. The van der Waals surface area contributed by atoms with Gasteiger partial charge in [0, 0.05) is 31.8 Å². The lowest BCUT2D eigenvalue weighted by molar-refractivity contribution is -0.843. The van der Waals surface area contributed by atoms with E-state index >= 15 is 0 Å². The van der Waals surface area contributed by atoms with Gasteiger partial charge >= 0.3 is 0 Å².